The molecule has 0 radical (unpaired) electrons. The third-order valence-electron chi connectivity index (χ3n) is 3.65. The Bertz CT molecular complexity index is 753. The van der Waals surface area contributed by atoms with Crippen molar-refractivity contribution in [2.24, 2.45) is 10.5 Å². The van der Waals surface area contributed by atoms with Crippen LogP contribution in [0.1, 0.15) is 26.7 Å². The van der Waals surface area contributed by atoms with Crippen LogP contribution in [-0.2, 0) is 4.79 Å². The van der Waals surface area contributed by atoms with Gasteiger partial charge in [0, 0.05) is 12.8 Å². The second-order valence-corrected chi connectivity index (χ2v) is 6.27. The molecule has 6 nitrogen and oxygen atoms in total. The molecule has 1 heterocycles. The molecular formula is C16H18N4O2. The number of allylic oxidation sites excluding steroid dienone is 2. The number of ketones is 1. The summed E-state index contributed by atoms with van der Waals surface area (Å²) in [6, 6.07) is 7.63. The van der Waals surface area contributed by atoms with E-state index in [0.717, 1.165) is 11.0 Å². The molecule has 0 unspecified atom stereocenters. The van der Waals surface area contributed by atoms with Crippen molar-refractivity contribution in [3.8, 4) is 0 Å². The highest BCUT2D eigenvalue weighted by Crippen LogP contribution is 2.35. The second-order valence-electron chi connectivity index (χ2n) is 6.27. The Morgan fingerprint density at radius 3 is 2.86 bits per heavy atom. The van der Waals surface area contributed by atoms with Crippen LogP contribution in [0.3, 0.4) is 0 Å². The molecule has 1 aromatic heterocycles. The molecule has 3 rings (SSSR count). The summed E-state index contributed by atoms with van der Waals surface area (Å²) in [6.07, 6.45) is 2.24. The first kappa shape index (κ1) is 14.3. The van der Waals surface area contributed by atoms with E-state index in [4.69, 9.17) is 0 Å². The number of hydrogen-bond acceptors (Lipinski definition) is 5. The van der Waals surface area contributed by atoms with Gasteiger partial charge in [-0.3, -0.25) is 4.79 Å². The lowest BCUT2D eigenvalue weighted by molar-refractivity contribution is -0.117. The van der Waals surface area contributed by atoms with Gasteiger partial charge in [0.2, 0.25) is 5.95 Å². The summed E-state index contributed by atoms with van der Waals surface area (Å²) in [4.78, 5) is 19.4. The average molecular weight is 298 g/mol. The number of hydrazone groups is 1. The summed E-state index contributed by atoms with van der Waals surface area (Å²) >= 11 is 0. The minimum atomic E-state index is -0.204. The second kappa shape index (κ2) is 5.29. The van der Waals surface area contributed by atoms with Gasteiger partial charge in [-0.25, -0.2) is 10.4 Å². The number of rotatable bonds is 3. The van der Waals surface area contributed by atoms with Crippen molar-refractivity contribution in [3.05, 3.63) is 35.6 Å². The molecule has 114 valence electrons. The Kier molecular flexibility index (Phi) is 3.44. The van der Waals surface area contributed by atoms with Crippen LogP contribution in [-0.4, -0.2) is 27.1 Å². The Morgan fingerprint density at radius 2 is 2.14 bits per heavy atom. The number of H-pyrrole nitrogens is 1. The fraction of sp³-hybridized carbons (Fsp3) is 0.312. The van der Waals surface area contributed by atoms with Crippen LogP contribution in [0.5, 0.6) is 0 Å². The van der Waals surface area contributed by atoms with Gasteiger partial charge in [0.15, 0.2) is 5.78 Å². The fourth-order valence-corrected chi connectivity index (χ4v) is 2.61. The van der Waals surface area contributed by atoms with E-state index in [1.54, 1.807) is 0 Å². The van der Waals surface area contributed by atoms with E-state index in [2.05, 4.69) is 20.5 Å². The van der Waals surface area contributed by atoms with Crippen molar-refractivity contribution >= 4 is 29.0 Å². The molecule has 0 saturated heterocycles. The molecule has 2 aromatic rings. The zero-order valence-electron chi connectivity index (χ0n) is 12.6. The molecule has 1 aromatic carbocycles. The average Bonchev–Trinajstić information content (AvgIpc) is 2.83. The lowest BCUT2D eigenvalue weighted by atomic mass is 9.77. The van der Waals surface area contributed by atoms with Crippen molar-refractivity contribution < 1.29 is 9.90 Å². The molecule has 6 heteroatoms. The van der Waals surface area contributed by atoms with Gasteiger partial charge in [-0.2, -0.15) is 5.10 Å². The zero-order valence-corrected chi connectivity index (χ0v) is 12.6. The number of nitrogens with one attached hydrogen (secondary N) is 2. The molecular weight excluding hydrogens is 280 g/mol. The summed E-state index contributed by atoms with van der Waals surface area (Å²) in [5.74, 6) is 0.487. The molecule has 0 bridgehead atoms. The number of fused-ring (bicyclic) bond motifs is 1. The minimum absolute atomic E-state index is 0.0936. The van der Waals surface area contributed by atoms with Gasteiger partial charge >= 0.3 is 0 Å². The van der Waals surface area contributed by atoms with Crippen LogP contribution in [0.25, 0.3) is 11.0 Å². The van der Waals surface area contributed by atoms with Crippen LogP contribution in [0, 0.1) is 5.41 Å². The maximum atomic E-state index is 12.0. The number of imidazole rings is 1. The third-order valence-corrected chi connectivity index (χ3v) is 3.65. The number of para-hydroxylation sites is 2. The van der Waals surface area contributed by atoms with Crippen LogP contribution >= 0.6 is 0 Å². The number of nitrogens with zero attached hydrogens (tertiary/aromatic N) is 2. The number of aromatic nitrogens is 2. The predicted octanol–water partition coefficient (Wildman–Crippen LogP) is 3.16. The van der Waals surface area contributed by atoms with Crippen LogP contribution in [0.4, 0.5) is 5.95 Å². The third kappa shape index (κ3) is 2.86. The Balaban J connectivity index is 1.75. The van der Waals surface area contributed by atoms with E-state index >= 15 is 0 Å². The number of aliphatic hydroxyl groups excluding tert-OH is 1. The monoisotopic (exact) mass is 298 g/mol. The Morgan fingerprint density at radius 1 is 1.36 bits per heavy atom. The lowest BCUT2D eigenvalue weighted by Gasteiger charge is -2.28. The maximum Gasteiger partial charge on any atom is 0.222 e. The van der Waals surface area contributed by atoms with Gasteiger partial charge in [-0.05, 0) is 17.5 Å². The largest absolute Gasteiger partial charge is 0.511 e. The van der Waals surface area contributed by atoms with Crippen LogP contribution in [0.15, 0.2) is 40.7 Å². The number of aliphatic hydroxyl groups is 1. The van der Waals surface area contributed by atoms with Gasteiger partial charge in [0.05, 0.1) is 22.8 Å². The summed E-state index contributed by atoms with van der Waals surface area (Å²) in [5.41, 5.74) is 4.54. The van der Waals surface area contributed by atoms with Crippen LogP contribution < -0.4 is 5.43 Å². The van der Waals surface area contributed by atoms with Crippen molar-refractivity contribution in [1.29, 1.82) is 0 Å². The molecule has 1 aliphatic carbocycles. The van der Waals surface area contributed by atoms with Gasteiger partial charge in [0.25, 0.3) is 0 Å². The number of carbonyl (C=O) groups is 1. The van der Waals surface area contributed by atoms with Gasteiger partial charge in [0.1, 0.15) is 5.76 Å². The molecule has 3 N–H and O–H groups in total. The number of Topliss-reactive ketones (excluding diaryl/α,β-unsaturated/α-hetero) is 1. The van der Waals surface area contributed by atoms with Crippen molar-refractivity contribution in [1.82, 2.24) is 9.97 Å². The highest BCUT2D eigenvalue weighted by molar-refractivity contribution is 6.14. The quantitative estimate of drug-likeness (QED) is 0.599. The SMILES string of the molecule is CC1(C)CC(=O)C(/C=N/Nc2nc3ccccc3[nH]2)=C(O)C1. The molecule has 22 heavy (non-hydrogen) atoms. The van der Waals surface area contributed by atoms with Gasteiger partial charge in [-0.15, -0.1) is 0 Å². The highest BCUT2D eigenvalue weighted by Gasteiger charge is 2.32. The summed E-state index contributed by atoms with van der Waals surface area (Å²) < 4.78 is 0. The molecule has 0 atom stereocenters. The molecule has 0 aliphatic heterocycles. The van der Waals surface area contributed by atoms with E-state index in [1.165, 1.54) is 6.21 Å². The zero-order chi connectivity index (χ0) is 15.7. The first-order valence-electron chi connectivity index (χ1n) is 7.14. The van der Waals surface area contributed by atoms with Crippen molar-refractivity contribution in [3.63, 3.8) is 0 Å². The smallest absolute Gasteiger partial charge is 0.222 e. The van der Waals surface area contributed by atoms with E-state index in [-0.39, 0.29) is 22.5 Å². The number of carbonyl (C=O) groups excluding carboxylic acids is 1. The number of benzene rings is 1. The van der Waals surface area contributed by atoms with Gasteiger partial charge < -0.3 is 10.1 Å². The van der Waals surface area contributed by atoms with Crippen LogP contribution in [0.2, 0.25) is 0 Å². The molecule has 0 fully saturated rings. The molecule has 0 spiro atoms. The molecule has 1 aliphatic rings. The summed E-state index contributed by atoms with van der Waals surface area (Å²) in [6.45, 7) is 3.92. The number of anilines is 1. The van der Waals surface area contributed by atoms with E-state index in [0.29, 0.717) is 18.8 Å². The Labute approximate surface area is 128 Å². The van der Waals surface area contributed by atoms with E-state index in [9.17, 15) is 9.90 Å². The highest BCUT2D eigenvalue weighted by atomic mass is 16.3. The molecule has 0 saturated carbocycles. The van der Waals surface area contributed by atoms with Crippen molar-refractivity contribution in [2.75, 3.05) is 5.43 Å². The van der Waals surface area contributed by atoms with E-state index < -0.39 is 0 Å². The normalized spacial score (nSPS) is 18.4. The Hall–Kier alpha value is -2.63. The maximum absolute atomic E-state index is 12.0. The first-order valence-corrected chi connectivity index (χ1v) is 7.14. The number of aromatic amines is 1. The molecule has 0 amide bonds. The lowest BCUT2D eigenvalue weighted by Crippen LogP contribution is -2.26. The summed E-state index contributed by atoms with van der Waals surface area (Å²) in [7, 11) is 0. The topological polar surface area (TPSA) is 90.4 Å². The van der Waals surface area contributed by atoms with E-state index in [1.807, 2.05) is 38.1 Å². The number of hydrogen-bond donors (Lipinski definition) is 3. The summed E-state index contributed by atoms with van der Waals surface area (Å²) in [5, 5.41) is 14.0. The first-order chi connectivity index (χ1) is 10.4. The van der Waals surface area contributed by atoms with Gasteiger partial charge in [-0.1, -0.05) is 26.0 Å². The minimum Gasteiger partial charge on any atom is -0.511 e. The van der Waals surface area contributed by atoms with Crippen molar-refractivity contribution in [2.45, 2.75) is 26.7 Å². The predicted molar refractivity (Wildman–Crippen MR) is 85.9 cm³/mol. The standard InChI is InChI=1S/C16H18N4O2/c1-16(2)7-13(21)10(14(22)8-16)9-17-20-15-18-11-5-3-4-6-12(11)19-15/h3-6,9,21H,7-8H2,1-2H3,(H2,18,19,20)/b17-9+. The fourth-order valence-electron chi connectivity index (χ4n) is 2.61.